The van der Waals surface area contributed by atoms with Crippen molar-refractivity contribution in [3.63, 3.8) is 0 Å². The van der Waals surface area contributed by atoms with Gasteiger partial charge in [-0.3, -0.25) is 19.5 Å². The number of rotatable bonds is 10. The van der Waals surface area contributed by atoms with E-state index in [9.17, 15) is 19.1 Å². The number of unbranched alkanes of at least 4 members (excludes halogenated alkanes) is 1. The highest BCUT2D eigenvalue weighted by Crippen LogP contribution is 2.44. The number of nitrogens with zero attached hydrogens (tertiary/aromatic N) is 4. The number of pyridine rings is 1. The Bertz CT molecular complexity index is 1540. The number of aliphatic hydroxyl groups is 1. The van der Waals surface area contributed by atoms with Crippen LogP contribution in [0.15, 0.2) is 83.0 Å². The first-order chi connectivity index (χ1) is 19.5. The minimum Gasteiger partial charge on any atom is -0.507 e. The molecule has 1 aliphatic rings. The number of carbonyl (C=O) groups is 2. The van der Waals surface area contributed by atoms with Crippen molar-refractivity contribution in [3.05, 3.63) is 101 Å². The van der Waals surface area contributed by atoms with Crippen molar-refractivity contribution in [2.45, 2.75) is 35.9 Å². The number of ether oxygens (including phenoxy) is 1. The molecule has 0 aliphatic carbocycles. The van der Waals surface area contributed by atoms with E-state index < -0.39 is 17.7 Å². The van der Waals surface area contributed by atoms with Crippen LogP contribution in [-0.4, -0.2) is 38.6 Å². The van der Waals surface area contributed by atoms with Gasteiger partial charge in [0.2, 0.25) is 5.13 Å². The SMILES string of the molecule is CCCCOc1cccc(C2C(=C(O)c3ccncc3)C(=O)C(=O)N2c2nnc(SCc3ccc(F)cc3)s2)c1. The molecule has 8 nitrogen and oxygen atoms in total. The predicted octanol–water partition coefficient (Wildman–Crippen LogP) is 6.17. The van der Waals surface area contributed by atoms with Crippen molar-refractivity contribution >= 4 is 45.7 Å². The molecule has 1 saturated heterocycles. The number of thioether (sulfide) groups is 1. The molecule has 5 rings (SSSR count). The number of Topliss-reactive ketones (excluding diaryl/α,β-unsaturated/α-hetero) is 1. The summed E-state index contributed by atoms with van der Waals surface area (Å²) in [7, 11) is 0. The van der Waals surface area contributed by atoms with E-state index >= 15 is 0 Å². The topological polar surface area (TPSA) is 106 Å². The molecule has 0 bridgehead atoms. The highest BCUT2D eigenvalue weighted by atomic mass is 32.2. The van der Waals surface area contributed by atoms with Crippen LogP contribution in [-0.2, 0) is 15.3 Å². The lowest BCUT2D eigenvalue weighted by Gasteiger charge is -2.23. The van der Waals surface area contributed by atoms with Gasteiger partial charge in [-0.2, -0.15) is 0 Å². The van der Waals surface area contributed by atoms with Crippen LogP contribution in [0.5, 0.6) is 5.75 Å². The van der Waals surface area contributed by atoms with E-state index in [1.54, 1.807) is 42.5 Å². The quantitative estimate of drug-likeness (QED) is 0.0597. The molecule has 2 aromatic carbocycles. The van der Waals surface area contributed by atoms with Gasteiger partial charge in [0.05, 0.1) is 18.2 Å². The van der Waals surface area contributed by atoms with Gasteiger partial charge in [-0.25, -0.2) is 4.39 Å². The largest absolute Gasteiger partial charge is 0.507 e. The molecule has 0 saturated carbocycles. The van der Waals surface area contributed by atoms with Crippen molar-refractivity contribution in [3.8, 4) is 5.75 Å². The van der Waals surface area contributed by atoms with Gasteiger partial charge < -0.3 is 9.84 Å². The highest BCUT2D eigenvalue weighted by molar-refractivity contribution is 8.00. The van der Waals surface area contributed by atoms with Gasteiger partial charge in [0, 0.05) is 23.7 Å². The van der Waals surface area contributed by atoms with Gasteiger partial charge in [-0.15, -0.1) is 10.2 Å². The Balaban J connectivity index is 1.52. The Kier molecular flexibility index (Phi) is 8.51. The number of hydrogen-bond donors (Lipinski definition) is 1. The van der Waals surface area contributed by atoms with Gasteiger partial charge in [0.15, 0.2) is 4.34 Å². The summed E-state index contributed by atoms with van der Waals surface area (Å²) in [5.74, 6) is -1.14. The molecule has 2 aromatic heterocycles. The summed E-state index contributed by atoms with van der Waals surface area (Å²) in [6, 6.07) is 15.5. The molecular weight excluding hydrogens is 551 g/mol. The van der Waals surface area contributed by atoms with E-state index in [-0.39, 0.29) is 22.3 Å². The number of amides is 1. The average Bonchev–Trinajstić information content (AvgIpc) is 3.55. The minimum atomic E-state index is -0.953. The van der Waals surface area contributed by atoms with E-state index in [1.165, 1.54) is 41.2 Å². The van der Waals surface area contributed by atoms with Crippen LogP contribution in [0.4, 0.5) is 9.52 Å². The molecule has 1 N–H and O–H groups in total. The second kappa shape index (κ2) is 12.4. The zero-order chi connectivity index (χ0) is 28.1. The molecule has 0 radical (unpaired) electrons. The Labute approximate surface area is 238 Å². The van der Waals surface area contributed by atoms with Crippen LogP contribution in [0.2, 0.25) is 0 Å². The molecule has 11 heteroatoms. The van der Waals surface area contributed by atoms with Crippen molar-refractivity contribution < 1.29 is 23.8 Å². The standard InChI is InChI=1S/C29H25FN4O4S2/c1-2-3-15-38-22-6-4-5-20(16-22)24-23(25(35)19-11-13-31-14-12-19)26(36)27(37)34(24)28-32-33-29(40-28)39-17-18-7-9-21(30)10-8-18/h4-14,16,24,35H,2-3,15,17H2,1H3. The maximum Gasteiger partial charge on any atom is 0.301 e. The van der Waals surface area contributed by atoms with Gasteiger partial charge >= 0.3 is 5.91 Å². The van der Waals surface area contributed by atoms with Crippen LogP contribution in [0.3, 0.4) is 0 Å². The van der Waals surface area contributed by atoms with Gasteiger partial charge in [-0.1, -0.05) is 60.7 Å². The van der Waals surface area contributed by atoms with E-state index in [2.05, 4.69) is 22.1 Å². The summed E-state index contributed by atoms with van der Waals surface area (Å²) in [6.45, 7) is 2.60. The molecule has 1 amide bonds. The smallest absolute Gasteiger partial charge is 0.301 e. The van der Waals surface area contributed by atoms with Crippen LogP contribution in [0.25, 0.3) is 5.76 Å². The molecule has 1 unspecified atom stereocenters. The number of aliphatic hydroxyl groups excluding tert-OH is 1. The lowest BCUT2D eigenvalue weighted by molar-refractivity contribution is -0.132. The van der Waals surface area contributed by atoms with Gasteiger partial charge in [0.25, 0.3) is 5.78 Å². The first-order valence-corrected chi connectivity index (χ1v) is 14.4. The fraction of sp³-hybridized carbons (Fsp3) is 0.207. The second-order valence-corrected chi connectivity index (χ2v) is 11.1. The summed E-state index contributed by atoms with van der Waals surface area (Å²) < 4.78 is 19.7. The van der Waals surface area contributed by atoms with Crippen molar-refractivity contribution in [1.29, 1.82) is 0 Å². The van der Waals surface area contributed by atoms with Crippen molar-refractivity contribution in [2.75, 3.05) is 11.5 Å². The molecule has 204 valence electrons. The third kappa shape index (κ3) is 5.90. The van der Waals surface area contributed by atoms with Gasteiger partial charge in [0.1, 0.15) is 17.3 Å². The van der Waals surface area contributed by atoms with Crippen LogP contribution < -0.4 is 9.64 Å². The van der Waals surface area contributed by atoms with E-state index in [0.717, 1.165) is 29.7 Å². The first-order valence-electron chi connectivity index (χ1n) is 12.6. The van der Waals surface area contributed by atoms with E-state index in [4.69, 9.17) is 4.74 Å². The van der Waals surface area contributed by atoms with Crippen LogP contribution >= 0.6 is 23.1 Å². The summed E-state index contributed by atoms with van der Waals surface area (Å²) in [5.41, 5.74) is 1.79. The lowest BCUT2D eigenvalue weighted by atomic mass is 9.95. The predicted molar refractivity (Wildman–Crippen MR) is 152 cm³/mol. The maximum atomic E-state index is 13.4. The number of benzene rings is 2. The first kappa shape index (κ1) is 27.5. The minimum absolute atomic E-state index is 0.0578. The number of anilines is 1. The third-order valence-corrected chi connectivity index (χ3v) is 8.34. The molecule has 1 aliphatic heterocycles. The highest BCUT2D eigenvalue weighted by Gasteiger charge is 2.48. The normalized spacial score (nSPS) is 16.4. The molecule has 4 aromatic rings. The monoisotopic (exact) mass is 576 g/mol. The Morgan fingerprint density at radius 1 is 1.10 bits per heavy atom. The van der Waals surface area contributed by atoms with E-state index in [0.29, 0.717) is 33.6 Å². The van der Waals surface area contributed by atoms with Gasteiger partial charge in [-0.05, 0) is 53.9 Å². The Morgan fingerprint density at radius 2 is 1.88 bits per heavy atom. The zero-order valence-corrected chi connectivity index (χ0v) is 23.1. The maximum absolute atomic E-state index is 13.4. The Morgan fingerprint density at radius 3 is 2.62 bits per heavy atom. The summed E-state index contributed by atoms with van der Waals surface area (Å²) in [6.07, 6.45) is 4.85. The second-order valence-electron chi connectivity index (χ2n) is 8.95. The third-order valence-electron chi connectivity index (χ3n) is 6.22. The molecule has 1 fully saturated rings. The molecular formula is C29H25FN4O4S2. The molecule has 40 heavy (non-hydrogen) atoms. The number of hydrogen-bond acceptors (Lipinski definition) is 9. The van der Waals surface area contributed by atoms with E-state index in [1.807, 2.05) is 6.07 Å². The van der Waals surface area contributed by atoms with Crippen LogP contribution in [0, 0.1) is 5.82 Å². The van der Waals surface area contributed by atoms with Crippen LogP contribution in [0.1, 0.15) is 42.5 Å². The Hall–Kier alpha value is -4.09. The number of ketones is 1. The summed E-state index contributed by atoms with van der Waals surface area (Å²) >= 11 is 2.55. The average molecular weight is 577 g/mol. The summed E-state index contributed by atoms with van der Waals surface area (Å²) in [5, 5.41) is 19.9. The number of aromatic nitrogens is 3. The summed E-state index contributed by atoms with van der Waals surface area (Å²) in [4.78, 5) is 32.1. The van der Waals surface area contributed by atoms with Crippen molar-refractivity contribution in [2.24, 2.45) is 0 Å². The lowest BCUT2D eigenvalue weighted by Crippen LogP contribution is -2.29. The zero-order valence-electron chi connectivity index (χ0n) is 21.5. The fourth-order valence-corrected chi connectivity index (χ4v) is 6.03. The molecule has 3 heterocycles. The van der Waals surface area contributed by atoms with Crippen molar-refractivity contribution in [1.82, 2.24) is 15.2 Å². The molecule has 0 spiro atoms. The number of carbonyl (C=O) groups excluding carboxylic acids is 2. The molecule has 1 atom stereocenters. The fourth-order valence-electron chi connectivity index (χ4n) is 4.20. The number of halogens is 1.